The van der Waals surface area contributed by atoms with Crippen LogP contribution in [-0.2, 0) is 0 Å². The minimum atomic E-state index is -0.120. The van der Waals surface area contributed by atoms with Crippen molar-refractivity contribution in [2.75, 3.05) is 25.4 Å². The van der Waals surface area contributed by atoms with E-state index in [1.807, 2.05) is 30.3 Å². The molecule has 5 nitrogen and oxygen atoms in total. The van der Waals surface area contributed by atoms with E-state index in [0.717, 1.165) is 12.1 Å². The van der Waals surface area contributed by atoms with Gasteiger partial charge in [-0.15, -0.1) is 0 Å². The van der Waals surface area contributed by atoms with Crippen molar-refractivity contribution in [2.45, 2.75) is 18.9 Å². The summed E-state index contributed by atoms with van der Waals surface area (Å²) in [4.78, 5) is 14.9. The second-order valence-corrected chi connectivity index (χ2v) is 6.50. The highest BCUT2D eigenvalue weighted by molar-refractivity contribution is 5.92. The number of carbonyl (C=O) groups is 1. The molecule has 3 saturated heterocycles. The SMILES string of the molecule is Nc1ccc(-c2ccc(C(=O)N[C@H]3CN4CCC3CC4)o2)cc1. The zero-order valence-corrected chi connectivity index (χ0v) is 13.0. The molecule has 0 unspecified atom stereocenters. The van der Waals surface area contributed by atoms with Crippen LogP contribution < -0.4 is 11.1 Å². The number of nitrogens with zero attached hydrogens (tertiary/aromatic N) is 1. The number of nitrogen functional groups attached to an aromatic ring is 1. The third-order valence-electron chi connectivity index (χ3n) is 5.00. The molecule has 5 rings (SSSR count). The van der Waals surface area contributed by atoms with E-state index in [4.69, 9.17) is 10.2 Å². The zero-order chi connectivity index (χ0) is 15.8. The summed E-state index contributed by atoms with van der Waals surface area (Å²) in [5, 5.41) is 3.15. The van der Waals surface area contributed by atoms with Crippen LogP contribution in [0.4, 0.5) is 5.69 Å². The first-order chi connectivity index (χ1) is 11.2. The van der Waals surface area contributed by atoms with E-state index in [1.54, 1.807) is 6.07 Å². The lowest BCUT2D eigenvalue weighted by Crippen LogP contribution is -2.57. The molecule has 2 aromatic rings. The third kappa shape index (κ3) is 2.84. The minimum absolute atomic E-state index is 0.120. The van der Waals surface area contributed by atoms with Gasteiger partial charge in [0.1, 0.15) is 5.76 Å². The van der Waals surface area contributed by atoms with E-state index in [0.29, 0.717) is 23.1 Å². The van der Waals surface area contributed by atoms with Crippen molar-refractivity contribution in [3.05, 3.63) is 42.2 Å². The van der Waals surface area contributed by atoms with Gasteiger partial charge in [0.25, 0.3) is 5.91 Å². The standard InChI is InChI=1S/C18H21N3O2/c19-14-3-1-13(2-4-14)16-5-6-17(23-16)18(22)20-15-11-21-9-7-12(15)8-10-21/h1-6,12,15H,7-11,19H2,(H,20,22)/t15-/m0/s1. The van der Waals surface area contributed by atoms with E-state index >= 15 is 0 Å². The molecule has 2 bridgehead atoms. The predicted molar refractivity (Wildman–Crippen MR) is 89.0 cm³/mol. The molecule has 1 aromatic heterocycles. The van der Waals surface area contributed by atoms with Crippen molar-refractivity contribution in [1.29, 1.82) is 0 Å². The number of hydrogen-bond donors (Lipinski definition) is 2. The molecule has 0 spiro atoms. The van der Waals surface area contributed by atoms with E-state index < -0.39 is 0 Å². The van der Waals surface area contributed by atoms with Crippen molar-refractivity contribution >= 4 is 11.6 Å². The highest BCUT2D eigenvalue weighted by Crippen LogP contribution is 2.28. The fourth-order valence-electron chi connectivity index (χ4n) is 3.63. The Labute approximate surface area is 135 Å². The molecule has 4 heterocycles. The van der Waals surface area contributed by atoms with E-state index in [1.165, 1.54) is 25.9 Å². The van der Waals surface area contributed by atoms with Crippen molar-refractivity contribution in [3.63, 3.8) is 0 Å². The Morgan fingerprint density at radius 3 is 2.52 bits per heavy atom. The van der Waals surface area contributed by atoms with Crippen molar-refractivity contribution < 1.29 is 9.21 Å². The molecule has 3 aliphatic heterocycles. The number of nitrogens with one attached hydrogen (secondary N) is 1. The summed E-state index contributed by atoms with van der Waals surface area (Å²) in [5.41, 5.74) is 7.32. The molecule has 0 saturated carbocycles. The smallest absolute Gasteiger partial charge is 0.287 e. The number of furan rings is 1. The Bertz CT molecular complexity index is 699. The van der Waals surface area contributed by atoms with Gasteiger partial charge in [-0.25, -0.2) is 0 Å². The molecule has 5 heteroatoms. The lowest BCUT2D eigenvalue weighted by Gasteiger charge is -2.44. The molecule has 1 amide bonds. The first-order valence-corrected chi connectivity index (χ1v) is 8.18. The van der Waals surface area contributed by atoms with Crippen LogP contribution in [0.25, 0.3) is 11.3 Å². The Morgan fingerprint density at radius 2 is 1.87 bits per heavy atom. The third-order valence-corrected chi connectivity index (χ3v) is 5.00. The predicted octanol–water partition coefficient (Wildman–Crippen LogP) is 2.35. The van der Waals surface area contributed by atoms with Gasteiger partial charge in [-0.1, -0.05) is 0 Å². The summed E-state index contributed by atoms with van der Waals surface area (Å²) in [7, 11) is 0. The molecular weight excluding hydrogens is 290 g/mol. The molecule has 3 N–H and O–H groups in total. The van der Waals surface area contributed by atoms with E-state index in [2.05, 4.69) is 10.2 Å². The number of nitrogens with two attached hydrogens (primary N) is 1. The Morgan fingerprint density at radius 1 is 1.13 bits per heavy atom. The summed E-state index contributed by atoms with van der Waals surface area (Å²) in [6.07, 6.45) is 2.36. The largest absolute Gasteiger partial charge is 0.451 e. The number of hydrogen-bond acceptors (Lipinski definition) is 4. The van der Waals surface area contributed by atoms with Crippen LogP contribution in [0.15, 0.2) is 40.8 Å². The Kier molecular flexibility index (Phi) is 3.58. The number of rotatable bonds is 3. The molecule has 23 heavy (non-hydrogen) atoms. The zero-order valence-electron chi connectivity index (χ0n) is 13.0. The molecule has 0 radical (unpaired) electrons. The average Bonchev–Trinajstić information content (AvgIpc) is 3.07. The molecule has 3 fully saturated rings. The van der Waals surface area contributed by atoms with E-state index in [-0.39, 0.29) is 11.9 Å². The first-order valence-electron chi connectivity index (χ1n) is 8.18. The fraction of sp³-hybridized carbons (Fsp3) is 0.389. The summed E-state index contributed by atoms with van der Waals surface area (Å²) in [6.45, 7) is 3.29. The van der Waals surface area contributed by atoms with Gasteiger partial charge in [0.15, 0.2) is 5.76 Å². The second kappa shape index (κ2) is 5.74. The highest BCUT2D eigenvalue weighted by Gasteiger charge is 2.35. The first kappa shape index (κ1) is 14.3. The highest BCUT2D eigenvalue weighted by atomic mass is 16.3. The van der Waals surface area contributed by atoms with Crippen LogP contribution in [0.1, 0.15) is 23.4 Å². The number of carbonyl (C=O) groups excluding carboxylic acids is 1. The Hall–Kier alpha value is -2.27. The van der Waals surface area contributed by atoms with Gasteiger partial charge in [0.05, 0.1) is 0 Å². The monoisotopic (exact) mass is 311 g/mol. The van der Waals surface area contributed by atoms with Gasteiger partial charge in [-0.05, 0) is 68.2 Å². The molecule has 1 atom stereocenters. The van der Waals surface area contributed by atoms with Crippen LogP contribution in [-0.4, -0.2) is 36.5 Å². The fourth-order valence-corrected chi connectivity index (χ4v) is 3.63. The summed E-state index contributed by atoms with van der Waals surface area (Å²) in [5.74, 6) is 1.54. The molecule has 0 aliphatic carbocycles. The maximum absolute atomic E-state index is 12.4. The quantitative estimate of drug-likeness (QED) is 0.854. The lowest BCUT2D eigenvalue weighted by molar-refractivity contribution is 0.0606. The molecule has 1 aromatic carbocycles. The van der Waals surface area contributed by atoms with Gasteiger partial charge in [-0.2, -0.15) is 0 Å². The number of benzene rings is 1. The van der Waals surface area contributed by atoms with Crippen LogP contribution in [0.3, 0.4) is 0 Å². The summed E-state index contributed by atoms with van der Waals surface area (Å²) in [6, 6.07) is 11.2. The summed E-state index contributed by atoms with van der Waals surface area (Å²) >= 11 is 0. The molecule has 3 aliphatic rings. The lowest BCUT2D eigenvalue weighted by atomic mass is 9.84. The molecule has 120 valence electrons. The maximum Gasteiger partial charge on any atom is 0.287 e. The topological polar surface area (TPSA) is 71.5 Å². The molecular formula is C18H21N3O2. The second-order valence-electron chi connectivity index (χ2n) is 6.50. The van der Waals surface area contributed by atoms with Gasteiger partial charge in [-0.3, -0.25) is 4.79 Å². The normalized spacial score (nSPS) is 26.2. The van der Waals surface area contributed by atoms with Crippen LogP contribution in [0.2, 0.25) is 0 Å². The number of fused-ring (bicyclic) bond motifs is 3. The van der Waals surface area contributed by atoms with E-state index in [9.17, 15) is 4.79 Å². The Balaban J connectivity index is 1.46. The summed E-state index contributed by atoms with van der Waals surface area (Å²) < 4.78 is 5.73. The van der Waals surface area contributed by atoms with Crippen LogP contribution in [0.5, 0.6) is 0 Å². The van der Waals surface area contributed by atoms with Crippen LogP contribution >= 0.6 is 0 Å². The number of anilines is 1. The van der Waals surface area contributed by atoms with Gasteiger partial charge in [0.2, 0.25) is 0 Å². The van der Waals surface area contributed by atoms with Crippen LogP contribution in [0, 0.1) is 5.92 Å². The maximum atomic E-state index is 12.4. The van der Waals surface area contributed by atoms with Gasteiger partial charge < -0.3 is 20.4 Å². The van der Waals surface area contributed by atoms with Crippen molar-refractivity contribution in [3.8, 4) is 11.3 Å². The van der Waals surface area contributed by atoms with Crippen molar-refractivity contribution in [2.24, 2.45) is 5.92 Å². The number of piperidine rings is 3. The number of amides is 1. The minimum Gasteiger partial charge on any atom is -0.451 e. The van der Waals surface area contributed by atoms with Gasteiger partial charge in [0, 0.05) is 23.8 Å². The van der Waals surface area contributed by atoms with Gasteiger partial charge >= 0.3 is 0 Å². The van der Waals surface area contributed by atoms with Crippen molar-refractivity contribution in [1.82, 2.24) is 10.2 Å². The average molecular weight is 311 g/mol.